The first-order chi connectivity index (χ1) is 12.2. The smallest absolute Gasteiger partial charge is 0.329 e. The normalized spacial score (nSPS) is 11.4. The summed E-state index contributed by atoms with van der Waals surface area (Å²) in [5, 5.41) is 11.0. The van der Waals surface area contributed by atoms with Crippen LogP contribution in [0.15, 0.2) is 36.4 Å². The Hall–Kier alpha value is -2.13. The molecule has 0 spiro atoms. The molecule has 0 atom stereocenters. The third-order valence-corrected chi connectivity index (χ3v) is 4.78. The number of hydrogen-bond acceptors (Lipinski definition) is 4. The van der Waals surface area contributed by atoms with Crippen LogP contribution in [-0.4, -0.2) is 28.5 Å². The van der Waals surface area contributed by atoms with Crippen LogP contribution < -0.4 is 0 Å². The van der Waals surface area contributed by atoms with Crippen molar-refractivity contribution in [2.24, 2.45) is 0 Å². The lowest BCUT2D eigenvalue weighted by atomic mass is 10.1. The van der Waals surface area contributed by atoms with Crippen LogP contribution in [0.2, 0.25) is 4.34 Å². The van der Waals surface area contributed by atoms with E-state index in [2.05, 4.69) is 0 Å². The SMILES string of the molecule is O=C(CCc1ccc(Cl)s1)N(Cc1ccccc1[N+](=O)[O-])CC(F)(F)F. The molecule has 0 fully saturated rings. The van der Waals surface area contributed by atoms with Crippen LogP contribution in [0.25, 0.3) is 0 Å². The Morgan fingerprint density at radius 2 is 1.92 bits per heavy atom. The highest BCUT2D eigenvalue weighted by Gasteiger charge is 2.33. The first kappa shape index (κ1) is 20.2. The standard InChI is InChI=1S/C16H14ClF3N2O3S/c17-14-7-5-12(26-14)6-8-15(23)21(10-16(18,19)20)9-11-3-1-2-4-13(11)22(24)25/h1-5,7H,6,8-10H2. The van der Waals surface area contributed by atoms with Crippen molar-refractivity contribution in [3.05, 3.63) is 61.3 Å². The molecule has 1 amide bonds. The number of carbonyl (C=O) groups excluding carboxylic acids is 1. The molecule has 0 aliphatic carbocycles. The number of nitro benzene ring substituents is 1. The summed E-state index contributed by atoms with van der Waals surface area (Å²) in [5.74, 6) is -0.731. The van der Waals surface area contributed by atoms with Crippen molar-refractivity contribution >= 4 is 34.5 Å². The molecule has 0 N–H and O–H groups in total. The molecule has 140 valence electrons. The predicted octanol–water partition coefficient (Wildman–Crippen LogP) is 4.83. The van der Waals surface area contributed by atoms with Crippen LogP contribution in [0.4, 0.5) is 18.9 Å². The number of amides is 1. The van der Waals surface area contributed by atoms with E-state index in [0.29, 0.717) is 9.24 Å². The zero-order valence-electron chi connectivity index (χ0n) is 13.3. The van der Waals surface area contributed by atoms with Crippen molar-refractivity contribution in [2.45, 2.75) is 25.6 Å². The Bertz CT molecular complexity index is 795. The maximum absolute atomic E-state index is 12.9. The Morgan fingerprint density at radius 1 is 1.23 bits per heavy atom. The van der Waals surface area contributed by atoms with Crippen molar-refractivity contribution < 1.29 is 22.9 Å². The minimum Gasteiger partial charge on any atom is -0.329 e. The average molecular weight is 407 g/mol. The zero-order chi connectivity index (χ0) is 19.3. The molecular formula is C16H14ClF3N2O3S. The topological polar surface area (TPSA) is 63.5 Å². The lowest BCUT2D eigenvalue weighted by Gasteiger charge is -2.24. The van der Waals surface area contributed by atoms with Gasteiger partial charge >= 0.3 is 6.18 Å². The van der Waals surface area contributed by atoms with Gasteiger partial charge in [-0.1, -0.05) is 29.8 Å². The number of hydrogen-bond donors (Lipinski definition) is 0. The number of halogens is 4. The molecule has 10 heteroatoms. The van der Waals surface area contributed by atoms with Gasteiger partial charge in [-0.05, 0) is 18.6 Å². The van der Waals surface area contributed by atoms with E-state index in [-0.39, 0.29) is 24.1 Å². The fourth-order valence-corrected chi connectivity index (χ4v) is 3.44. The Balaban J connectivity index is 2.15. The molecule has 0 aliphatic heterocycles. The van der Waals surface area contributed by atoms with E-state index in [1.807, 2.05) is 0 Å². The summed E-state index contributed by atoms with van der Waals surface area (Å²) in [6.45, 7) is -1.95. The van der Waals surface area contributed by atoms with Gasteiger partial charge < -0.3 is 4.90 Å². The van der Waals surface area contributed by atoms with Crippen molar-refractivity contribution in [3.8, 4) is 0 Å². The van der Waals surface area contributed by atoms with Gasteiger partial charge in [-0.15, -0.1) is 11.3 Å². The van der Waals surface area contributed by atoms with Gasteiger partial charge in [-0.25, -0.2) is 0 Å². The lowest BCUT2D eigenvalue weighted by molar-refractivity contribution is -0.385. The molecule has 1 heterocycles. The minimum atomic E-state index is -4.61. The third kappa shape index (κ3) is 5.99. The van der Waals surface area contributed by atoms with Crippen LogP contribution >= 0.6 is 22.9 Å². The number of alkyl halides is 3. The van der Waals surface area contributed by atoms with Gasteiger partial charge in [0, 0.05) is 22.9 Å². The second-order valence-electron chi connectivity index (χ2n) is 5.46. The van der Waals surface area contributed by atoms with Gasteiger partial charge in [0.15, 0.2) is 0 Å². The average Bonchev–Trinajstić information content (AvgIpc) is 2.96. The number of rotatable bonds is 7. The largest absolute Gasteiger partial charge is 0.406 e. The summed E-state index contributed by atoms with van der Waals surface area (Å²) in [5.41, 5.74) is -0.271. The second kappa shape index (κ2) is 8.50. The van der Waals surface area contributed by atoms with Crippen LogP contribution in [-0.2, 0) is 17.8 Å². The van der Waals surface area contributed by atoms with Crippen LogP contribution in [0.5, 0.6) is 0 Å². The fraction of sp³-hybridized carbons (Fsp3) is 0.312. The highest BCUT2D eigenvalue weighted by atomic mass is 35.5. The van der Waals surface area contributed by atoms with Gasteiger partial charge in [0.1, 0.15) is 6.54 Å². The van der Waals surface area contributed by atoms with E-state index in [4.69, 9.17) is 11.6 Å². The highest BCUT2D eigenvalue weighted by Crippen LogP contribution is 2.25. The number of nitro groups is 1. The molecule has 26 heavy (non-hydrogen) atoms. The van der Waals surface area contributed by atoms with Crippen molar-refractivity contribution in [3.63, 3.8) is 0 Å². The quantitative estimate of drug-likeness (QED) is 0.488. The summed E-state index contributed by atoms with van der Waals surface area (Å²) in [7, 11) is 0. The van der Waals surface area contributed by atoms with Crippen molar-refractivity contribution in [2.75, 3.05) is 6.54 Å². The minimum absolute atomic E-state index is 0.0502. The maximum atomic E-state index is 12.9. The molecule has 0 bridgehead atoms. The molecule has 1 aromatic heterocycles. The Kier molecular flexibility index (Phi) is 6.60. The first-order valence-corrected chi connectivity index (χ1v) is 8.66. The molecular weight excluding hydrogens is 393 g/mol. The van der Waals surface area contributed by atoms with Crippen molar-refractivity contribution in [1.82, 2.24) is 4.90 Å². The van der Waals surface area contributed by atoms with Crippen molar-refractivity contribution in [1.29, 1.82) is 0 Å². The van der Waals surface area contributed by atoms with Gasteiger partial charge in [0.05, 0.1) is 15.8 Å². The summed E-state index contributed by atoms with van der Waals surface area (Å²) < 4.78 is 39.1. The van der Waals surface area contributed by atoms with E-state index < -0.39 is 30.1 Å². The highest BCUT2D eigenvalue weighted by molar-refractivity contribution is 7.16. The van der Waals surface area contributed by atoms with Crippen LogP contribution in [0.3, 0.4) is 0 Å². The van der Waals surface area contributed by atoms with Gasteiger partial charge in [0.2, 0.25) is 5.91 Å². The predicted molar refractivity (Wildman–Crippen MR) is 92.2 cm³/mol. The summed E-state index contributed by atoms with van der Waals surface area (Å²) in [6.07, 6.45) is -4.50. The monoisotopic (exact) mass is 406 g/mol. The summed E-state index contributed by atoms with van der Waals surface area (Å²) in [6, 6.07) is 8.78. The molecule has 0 saturated heterocycles. The second-order valence-corrected chi connectivity index (χ2v) is 7.26. The molecule has 2 rings (SSSR count). The number of aryl methyl sites for hydroxylation is 1. The van der Waals surface area contributed by atoms with E-state index in [0.717, 1.165) is 4.88 Å². The summed E-state index contributed by atoms with van der Waals surface area (Å²) >= 11 is 7.04. The molecule has 0 aliphatic rings. The fourth-order valence-electron chi connectivity index (χ4n) is 2.35. The van der Waals surface area contributed by atoms with Gasteiger partial charge in [-0.2, -0.15) is 13.2 Å². The van der Waals surface area contributed by atoms with E-state index in [1.54, 1.807) is 12.1 Å². The first-order valence-electron chi connectivity index (χ1n) is 7.47. The Labute approximate surface area is 156 Å². The lowest BCUT2D eigenvalue weighted by Crippen LogP contribution is -2.38. The van der Waals surface area contributed by atoms with E-state index in [9.17, 15) is 28.1 Å². The third-order valence-electron chi connectivity index (χ3n) is 3.49. The molecule has 5 nitrogen and oxygen atoms in total. The van der Waals surface area contributed by atoms with E-state index >= 15 is 0 Å². The number of nitrogens with zero attached hydrogens (tertiary/aromatic N) is 2. The van der Waals surface area contributed by atoms with Gasteiger partial charge in [-0.3, -0.25) is 14.9 Å². The number of carbonyl (C=O) groups is 1. The molecule has 0 saturated carbocycles. The maximum Gasteiger partial charge on any atom is 0.406 e. The van der Waals surface area contributed by atoms with Gasteiger partial charge in [0.25, 0.3) is 5.69 Å². The molecule has 0 unspecified atom stereocenters. The zero-order valence-corrected chi connectivity index (χ0v) is 14.9. The van der Waals surface area contributed by atoms with Crippen LogP contribution in [0, 0.1) is 10.1 Å². The number of benzene rings is 1. The number of para-hydroxylation sites is 1. The molecule has 1 aromatic carbocycles. The van der Waals surface area contributed by atoms with E-state index in [1.165, 1.54) is 35.6 Å². The molecule has 2 aromatic rings. The number of thiophene rings is 1. The summed E-state index contributed by atoms with van der Waals surface area (Å²) in [4.78, 5) is 24.0. The van der Waals surface area contributed by atoms with Crippen LogP contribution in [0.1, 0.15) is 16.9 Å². The molecule has 0 radical (unpaired) electrons. The Morgan fingerprint density at radius 3 is 2.50 bits per heavy atom.